The van der Waals surface area contributed by atoms with Gasteiger partial charge in [0.15, 0.2) is 0 Å². The van der Waals surface area contributed by atoms with Crippen molar-refractivity contribution in [3.8, 4) is 0 Å². The van der Waals surface area contributed by atoms with Crippen LogP contribution in [0.3, 0.4) is 0 Å². The molecule has 0 radical (unpaired) electrons. The number of hydrogen-bond acceptors (Lipinski definition) is 2. The molecule has 3 nitrogen and oxygen atoms in total. The molecule has 0 aliphatic carbocycles. The van der Waals surface area contributed by atoms with Crippen LogP contribution in [0.1, 0.15) is 44.2 Å². The Balaban J connectivity index is 2.28. The van der Waals surface area contributed by atoms with E-state index in [0.717, 1.165) is 24.9 Å². The number of nitrogens with two attached hydrogens (primary N) is 1. The van der Waals surface area contributed by atoms with Gasteiger partial charge in [-0.25, -0.2) is 0 Å². The maximum atomic E-state index is 11.7. The monoisotopic (exact) mass is 234 g/mol. The van der Waals surface area contributed by atoms with Gasteiger partial charge in [0.1, 0.15) is 6.04 Å². The predicted molar refractivity (Wildman–Crippen MR) is 70.5 cm³/mol. The van der Waals surface area contributed by atoms with Crippen molar-refractivity contribution in [3.63, 3.8) is 0 Å². The maximum absolute atomic E-state index is 11.7. The lowest BCUT2D eigenvalue weighted by Crippen LogP contribution is -2.34. The number of hydrogen-bond donors (Lipinski definition) is 2. The minimum absolute atomic E-state index is 0.0901. The molecular formula is C14H22N2O. The molecule has 0 aliphatic rings. The van der Waals surface area contributed by atoms with E-state index in [1.807, 2.05) is 30.3 Å². The van der Waals surface area contributed by atoms with Gasteiger partial charge >= 0.3 is 0 Å². The summed E-state index contributed by atoms with van der Waals surface area (Å²) in [5.74, 6) is -0.0901. The van der Waals surface area contributed by atoms with E-state index in [0.29, 0.717) is 0 Å². The Morgan fingerprint density at radius 2 is 1.94 bits per heavy atom. The van der Waals surface area contributed by atoms with Crippen molar-refractivity contribution in [3.05, 3.63) is 35.9 Å². The Labute approximate surface area is 103 Å². The van der Waals surface area contributed by atoms with Crippen LogP contribution in [0.5, 0.6) is 0 Å². The Kier molecular flexibility index (Phi) is 6.33. The second kappa shape index (κ2) is 7.85. The molecule has 1 atom stereocenters. The van der Waals surface area contributed by atoms with Crippen molar-refractivity contribution < 1.29 is 4.79 Å². The fourth-order valence-electron chi connectivity index (χ4n) is 1.69. The molecule has 1 rings (SSSR count). The zero-order valence-corrected chi connectivity index (χ0v) is 10.5. The Morgan fingerprint density at radius 3 is 2.59 bits per heavy atom. The summed E-state index contributed by atoms with van der Waals surface area (Å²) in [7, 11) is 0. The Hall–Kier alpha value is -1.35. The fraction of sp³-hybridized carbons (Fsp3) is 0.500. The van der Waals surface area contributed by atoms with Gasteiger partial charge in [0.05, 0.1) is 0 Å². The highest BCUT2D eigenvalue weighted by Gasteiger charge is 2.14. The van der Waals surface area contributed by atoms with Crippen molar-refractivity contribution in [2.45, 2.75) is 38.6 Å². The van der Waals surface area contributed by atoms with Crippen LogP contribution in [0.4, 0.5) is 0 Å². The van der Waals surface area contributed by atoms with Crippen LogP contribution in [-0.4, -0.2) is 12.5 Å². The molecule has 1 aromatic rings. The lowest BCUT2D eigenvalue weighted by atomic mass is 10.1. The molecule has 3 N–H and O–H groups in total. The van der Waals surface area contributed by atoms with E-state index >= 15 is 0 Å². The fourth-order valence-corrected chi connectivity index (χ4v) is 1.69. The molecule has 0 spiro atoms. The smallest absolute Gasteiger partial charge is 0.241 e. The summed E-state index contributed by atoms with van der Waals surface area (Å²) in [5, 5.41) is 2.88. The number of rotatable bonds is 7. The number of amides is 1. The van der Waals surface area contributed by atoms with Crippen LogP contribution < -0.4 is 11.1 Å². The number of nitrogens with one attached hydrogen (secondary N) is 1. The van der Waals surface area contributed by atoms with E-state index in [1.165, 1.54) is 12.8 Å². The van der Waals surface area contributed by atoms with Crippen LogP contribution in [0.2, 0.25) is 0 Å². The number of benzene rings is 1. The first-order valence-corrected chi connectivity index (χ1v) is 6.34. The van der Waals surface area contributed by atoms with E-state index in [4.69, 9.17) is 5.73 Å². The van der Waals surface area contributed by atoms with Crippen molar-refractivity contribution in [2.75, 3.05) is 6.54 Å². The Bertz CT molecular complexity index is 324. The first-order valence-electron chi connectivity index (χ1n) is 6.34. The third kappa shape index (κ3) is 5.00. The normalized spacial score (nSPS) is 12.1. The second-order valence-corrected chi connectivity index (χ2v) is 4.24. The van der Waals surface area contributed by atoms with E-state index in [2.05, 4.69) is 12.2 Å². The van der Waals surface area contributed by atoms with Gasteiger partial charge in [-0.3, -0.25) is 4.79 Å². The van der Waals surface area contributed by atoms with Crippen LogP contribution in [0.15, 0.2) is 30.3 Å². The average Bonchev–Trinajstić information content (AvgIpc) is 2.38. The minimum atomic E-state index is -0.553. The van der Waals surface area contributed by atoms with Gasteiger partial charge in [0.25, 0.3) is 0 Å². The van der Waals surface area contributed by atoms with Crippen molar-refractivity contribution >= 4 is 5.91 Å². The highest BCUT2D eigenvalue weighted by molar-refractivity contribution is 5.82. The summed E-state index contributed by atoms with van der Waals surface area (Å²) < 4.78 is 0. The third-order valence-electron chi connectivity index (χ3n) is 2.77. The van der Waals surface area contributed by atoms with E-state index in [-0.39, 0.29) is 5.91 Å². The molecule has 1 unspecified atom stereocenters. The summed E-state index contributed by atoms with van der Waals surface area (Å²) in [6.45, 7) is 2.89. The summed E-state index contributed by atoms with van der Waals surface area (Å²) in [5.41, 5.74) is 6.73. The predicted octanol–water partition coefficient (Wildman–Crippen LogP) is 2.38. The first-order chi connectivity index (χ1) is 8.25. The van der Waals surface area contributed by atoms with Gasteiger partial charge in [-0.1, -0.05) is 56.5 Å². The van der Waals surface area contributed by atoms with Gasteiger partial charge in [-0.2, -0.15) is 0 Å². The quantitative estimate of drug-likeness (QED) is 0.712. The average molecular weight is 234 g/mol. The summed E-state index contributed by atoms with van der Waals surface area (Å²) in [6, 6.07) is 8.90. The molecule has 0 bridgehead atoms. The summed E-state index contributed by atoms with van der Waals surface area (Å²) in [4.78, 5) is 11.7. The SMILES string of the molecule is CCCCCCNC(=O)C(N)c1ccccc1. The van der Waals surface area contributed by atoms with Gasteiger partial charge in [-0.15, -0.1) is 0 Å². The molecule has 1 aromatic carbocycles. The summed E-state index contributed by atoms with van der Waals surface area (Å²) >= 11 is 0. The molecule has 0 saturated heterocycles. The Morgan fingerprint density at radius 1 is 1.24 bits per heavy atom. The van der Waals surface area contributed by atoms with E-state index < -0.39 is 6.04 Å². The van der Waals surface area contributed by atoms with Crippen LogP contribution >= 0.6 is 0 Å². The summed E-state index contributed by atoms with van der Waals surface area (Å²) in [6.07, 6.45) is 4.62. The molecule has 1 amide bonds. The lowest BCUT2D eigenvalue weighted by Gasteiger charge is -2.12. The van der Waals surface area contributed by atoms with Crippen LogP contribution in [-0.2, 0) is 4.79 Å². The van der Waals surface area contributed by atoms with Crippen LogP contribution in [0, 0.1) is 0 Å². The first kappa shape index (κ1) is 13.7. The van der Waals surface area contributed by atoms with Gasteiger partial charge in [0, 0.05) is 6.54 Å². The van der Waals surface area contributed by atoms with Crippen molar-refractivity contribution in [2.24, 2.45) is 5.73 Å². The maximum Gasteiger partial charge on any atom is 0.241 e. The highest BCUT2D eigenvalue weighted by atomic mass is 16.2. The van der Waals surface area contributed by atoms with Gasteiger partial charge in [-0.05, 0) is 12.0 Å². The van der Waals surface area contributed by atoms with E-state index in [9.17, 15) is 4.79 Å². The van der Waals surface area contributed by atoms with Crippen molar-refractivity contribution in [1.29, 1.82) is 0 Å². The number of carbonyl (C=O) groups excluding carboxylic acids is 1. The molecular weight excluding hydrogens is 212 g/mol. The standard InChI is InChI=1S/C14H22N2O/c1-2-3-4-8-11-16-14(17)13(15)12-9-6-5-7-10-12/h5-7,9-10,13H,2-4,8,11,15H2,1H3,(H,16,17). The van der Waals surface area contributed by atoms with E-state index in [1.54, 1.807) is 0 Å². The highest BCUT2D eigenvalue weighted by Crippen LogP contribution is 2.09. The zero-order valence-electron chi connectivity index (χ0n) is 10.5. The largest absolute Gasteiger partial charge is 0.354 e. The molecule has 17 heavy (non-hydrogen) atoms. The molecule has 0 aromatic heterocycles. The number of carbonyl (C=O) groups is 1. The molecule has 3 heteroatoms. The molecule has 0 heterocycles. The number of unbranched alkanes of at least 4 members (excludes halogenated alkanes) is 3. The lowest BCUT2D eigenvalue weighted by molar-refractivity contribution is -0.122. The van der Waals surface area contributed by atoms with Gasteiger partial charge < -0.3 is 11.1 Å². The van der Waals surface area contributed by atoms with Crippen molar-refractivity contribution in [1.82, 2.24) is 5.32 Å². The molecule has 0 aliphatic heterocycles. The molecule has 94 valence electrons. The third-order valence-corrected chi connectivity index (χ3v) is 2.77. The van der Waals surface area contributed by atoms with Gasteiger partial charge in [0.2, 0.25) is 5.91 Å². The second-order valence-electron chi connectivity index (χ2n) is 4.24. The zero-order chi connectivity index (χ0) is 12.5. The molecule has 0 saturated carbocycles. The van der Waals surface area contributed by atoms with Crippen LogP contribution in [0.25, 0.3) is 0 Å². The molecule has 0 fully saturated rings. The minimum Gasteiger partial charge on any atom is -0.354 e. The topological polar surface area (TPSA) is 55.1 Å².